The zero-order valence-electron chi connectivity index (χ0n) is 10.5. The maximum atomic E-state index is 11.6. The van der Waals surface area contributed by atoms with Gasteiger partial charge in [-0.3, -0.25) is 9.78 Å². The first kappa shape index (κ1) is 13.0. The molecule has 0 bridgehead atoms. The summed E-state index contributed by atoms with van der Waals surface area (Å²) in [4.78, 5) is 15.7. The summed E-state index contributed by atoms with van der Waals surface area (Å²) < 4.78 is 9.93. The molecule has 0 saturated carbocycles. The van der Waals surface area contributed by atoms with Crippen LogP contribution in [-0.2, 0) is 20.7 Å². The van der Waals surface area contributed by atoms with Crippen LogP contribution in [0, 0.1) is 5.41 Å². The number of carbonyl (C=O) groups is 1. The van der Waals surface area contributed by atoms with Gasteiger partial charge < -0.3 is 14.8 Å². The summed E-state index contributed by atoms with van der Waals surface area (Å²) in [7, 11) is 1.41. The monoisotopic (exact) mass is 250 g/mol. The lowest BCUT2D eigenvalue weighted by molar-refractivity contribution is -0.182. The number of aromatic nitrogens is 1. The van der Waals surface area contributed by atoms with Crippen molar-refractivity contribution < 1.29 is 14.3 Å². The molecule has 1 aliphatic heterocycles. The molecule has 0 aromatic carbocycles. The van der Waals surface area contributed by atoms with Gasteiger partial charge in [0.2, 0.25) is 0 Å². The van der Waals surface area contributed by atoms with Crippen LogP contribution in [0.15, 0.2) is 24.5 Å². The minimum Gasteiger partial charge on any atom is -0.468 e. The van der Waals surface area contributed by atoms with Crippen LogP contribution >= 0.6 is 0 Å². The molecule has 18 heavy (non-hydrogen) atoms. The Kier molecular flexibility index (Phi) is 4.28. The lowest BCUT2D eigenvalue weighted by Gasteiger charge is -2.38. The fraction of sp³-hybridized carbons (Fsp3) is 0.538. The summed E-state index contributed by atoms with van der Waals surface area (Å²) in [6.45, 7) is 2.30. The lowest BCUT2D eigenvalue weighted by atomic mass is 9.86. The average molecular weight is 250 g/mol. The highest BCUT2D eigenvalue weighted by Gasteiger charge is 2.46. The number of esters is 1. The first-order valence-corrected chi connectivity index (χ1v) is 6.03. The molecule has 1 aromatic rings. The summed E-state index contributed by atoms with van der Waals surface area (Å²) in [5.74, 6) is -0.192. The van der Waals surface area contributed by atoms with E-state index in [9.17, 15) is 4.79 Å². The largest absolute Gasteiger partial charge is 0.468 e. The van der Waals surface area contributed by atoms with Gasteiger partial charge in [0.1, 0.15) is 5.41 Å². The molecule has 1 aromatic heterocycles. The van der Waals surface area contributed by atoms with Crippen molar-refractivity contribution >= 4 is 5.97 Å². The number of rotatable bonds is 6. The van der Waals surface area contributed by atoms with Gasteiger partial charge in [-0.15, -0.1) is 0 Å². The van der Waals surface area contributed by atoms with Crippen LogP contribution in [0.5, 0.6) is 0 Å². The van der Waals surface area contributed by atoms with Crippen molar-refractivity contribution in [2.45, 2.75) is 6.42 Å². The van der Waals surface area contributed by atoms with E-state index in [2.05, 4.69) is 10.3 Å². The molecule has 5 heteroatoms. The summed E-state index contributed by atoms with van der Waals surface area (Å²) >= 11 is 0. The molecule has 0 amide bonds. The van der Waals surface area contributed by atoms with Gasteiger partial charge in [-0.25, -0.2) is 0 Å². The first-order chi connectivity index (χ1) is 8.77. The summed E-state index contributed by atoms with van der Waals surface area (Å²) in [5, 5.41) is 3.28. The molecule has 98 valence electrons. The minimum atomic E-state index is -0.482. The van der Waals surface area contributed by atoms with Gasteiger partial charge in [0.25, 0.3) is 0 Å². The normalized spacial score (nSPS) is 16.9. The highest BCUT2D eigenvalue weighted by Crippen LogP contribution is 2.27. The second-order valence-electron chi connectivity index (χ2n) is 4.55. The number of hydrogen-bond donors (Lipinski definition) is 1. The van der Waals surface area contributed by atoms with E-state index in [1.807, 2.05) is 18.3 Å². The van der Waals surface area contributed by atoms with E-state index in [1.54, 1.807) is 6.20 Å². The van der Waals surface area contributed by atoms with Gasteiger partial charge in [0.05, 0.1) is 20.3 Å². The van der Waals surface area contributed by atoms with E-state index >= 15 is 0 Å². The number of hydrogen-bond acceptors (Lipinski definition) is 5. The van der Waals surface area contributed by atoms with Gasteiger partial charge in [0, 0.05) is 18.9 Å². The smallest absolute Gasteiger partial charge is 0.317 e. The highest BCUT2D eigenvalue weighted by molar-refractivity contribution is 5.78. The number of pyridine rings is 1. The standard InChI is InChI=1S/C13H18N2O3/c1-17-12(16)13(9-18-10-13)8-15-6-4-11-3-2-5-14-7-11/h2-3,5,7,15H,4,6,8-10H2,1H3. The van der Waals surface area contributed by atoms with Crippen molar-refractivity contribution in [1.82, 2.24) is 10.3 Å². The third-order valence-corrected chi connectivity index (χ3v) is 3.15. The molecular formula is C13H18N2O3. The summed E-state index contributed by atoms with van der Waals surface area (Å²) in [6.07, 6.45) is 4.51. The van der Waals surface area contributed by atoms with Crippen LogP contribution in [-0.4, -0.2) is 44.4 Å². The zero-order valence-corrected chi connectivity index (χ0v) is 10.5. The topological polar surface area (TPSA) is 60.5 Å². The number of nitrogens with zero attached hydrogens (tertiary/aromatic N) is 1. The average Bonchev–Trinajstić information content (AvgIpc) is 2.37. The molecule has 0 radical (unpaired) electrons. The van der Waals surface area contributed by atoms with E-state index < -0.39 is 5.41 Å². The highest BCUT2D eigenvalue weighted by atomic mass is 16.5. The molecule has 0 unspecified atom stereocenters. The number of nitrogens with one attached hydrogen (secondary N) is 1. The molecule has 0 atom stereocenters. The van der Waals surface area contributed by atoms with Crippen LogP contribution in [0.1, 0.15) is 5.56 Å². The second-order valence-corrected chi connectivity index (χ2v) is 4.55. The van der Waals surface area contributed by atoms with Crippen molar-refractivity contribution in [2.75, 3.05) is 33.4 Å². The van der Waals surface area contributed by atoms with E-state index in [-0.39, 0.29) is 5.97 Å². The fourth-order valence-corrected chi connectivity index (χ4v) is 1.96. The summed E-state index contributed by atoms with van der Waals surface area (Å²) in [5.41, 5.74) is 0.700. The third kappa shape index (κ3) is 2.86. The maximum absolute atomic E-state index is 11.6. The molecule has 5 nitrogen and oxygen atoms in total. The lowest BCUT2D eigenvalue weighted by Crippen LogP contribution is -2.55. The van der Waals surface area contributed by atoms with Gasteiger partial charge >= 0.3 is 5.97 Å². The Hall–Kier alpha value is -1.46. The van der Waals surface area contributed by atoms with Crippen molar-refractivity contribution in [3.63, 3.8) is 0 Å². The second kappa shape index (κ2) is 5.93. The predicted octanol–water partition coefficient (Wildman–Crippen LogP) is 0.403. The first-order valence-electron chi connectivity index (χ1n) is 6.03. The van der Waals surface area contributed by atoms with Gasteiger partial charge in [-0.2, -0.15) is 0 Å². The van der Waals surface area contributed by atoms with Crippen LogP contribution < -0.4 is 5.32 Å². The number of methoxy groups -OCH3 is 1. The van der Waals surface area contributed by atoms with Crippen LogP contribution in [0.4, 0.5) is 0 Å². The van der Waals surface area contributed by atoms with Gasteiger partial charge in [0.15, 0.2) is 0 Å². The number of ether oxygens (including phenoxy) is 2. The molecule has 1 aliphatic rings. The van der Waals surface area contributed by atoms with E-state index in [1.165, 1.54) is 12.7 Å². The Morgan fingerprint density at radius 2 is 2.44 bits per heavy atom. The van der Waals surface area contributed by atoms with E-state index in [4.69, 9.17) is 9.47 Å². The van der Waals surface area contributed by atoms with Crippen LogP contribution in [0.25, 0.3) is 0 Å². The Morgan fingerprint density at radius 3 is 3.00 bits per heavy atom. The Bertz CT molecular complexity index is 390. The predicted molar refractivity (Wildman–Crippen MR) is 66.1 cm³/mol. The Labute approximate surface area is 107 Å². The molecule has 1 N–H and O–H groups in total. The molecule has 1 saturated heterocycles. The maximum Gasteiger partial charge on any atom is 0.317 e. The zero-order chi connectivity index (χ0) is 12.8. The van der Waals surface area contributed by atoms with Crippen molar-refractivity contribution in [1.29, 1.82) is 0 Å². The van der Waals surface area contributed by atoms with Crippen molar-refractivity contribution in [3.05, 3.63) is 30.1 Å². The van der Waals surface area contributed by atoms with Crippen molar-refractivity contribution in [2.24, 2.45) is 5.41 Å². The molecule has 2 heterocycles. The SMILES string of the molecule is COC(=O)C1(CNCCc2cccnc2)COC1. The van der Waals surface area contributed by atoms with Gasteiger partial charge in [-0.1, -0.05) is 6.07 Å². The molecule has 0 aliphatic carbocycles. The minimum absolute atomic E-state index is 0.192. The number of carbonyl (C=O) groups excluding carboxylic acids is 1. The van der Waals surface area contributed by atoms with E-state index in [0.717, 1.165) is 13.0 Å². The van der Waals surface area contributed by atoms with Crippen LogP contribution in [0.3, 0.4) is 0 Å². The quantitative estimate of drug-likeness (QED) is 0.585. The molecular weight excluding hydrogens is 232 g/mol. The van der Waals surface area contributed by atoms with Gasteiger partial charge in [-0.05, 0) is 24.6 Å². The van der Waals surface area contributed by atoms with Crippen LogP contribution in [0.2, 0.25) is 0 Å². The third-order valence-electron chi connectivity index (χ3n) is 3.15. The summed E-state index contributed by atoms with van der Waals surface area (Å²) in [6, 6.07) is 3.96. The molecule has 0 spiro atoms. The van der Waals surface area contributed by atoms with Crippen molar-refractivity contribution in [3.8, 4) is 0 Å². The molecule has 2 rings (SSSR count). The molecule has 1 fully saturated rings. The van der Waals surface area contributed by atoms with E-state index in [0.29, 0.717) is 19.8 Å². The fourth-order valence-electron chi connectivity index (χ4n) is 1.96. The Balaban J connectivity index is 1.73. The Morgan fingerprint density at radius 1 is 1.61 bits per heavy atom.